The van der Waals surface area contributed by atoms with E-state index in [2.05, 4.69) is 63.2 Å². The van der Waals surface area contributed by atoms with Crippen LogP contribution in [0.25, 0.3) is 0 Å². The summed E-state index contributed by atoms with van der Waals surface area (Å²) in [6.45, 7) is 2.17. The van der Waals surface area contributed by atoms with Crippen LogP contribution in [0.4, 0.5) is 0 Å². The molecule has 90 valence electrons. The Kier molecular flexibility index (Phi) is 4.37. The molecule has 0 aliphatic carbocycles. The van der Waals surface area contributed by atoms with E-state index in [-0.39, 0.29) is 0 Å². The minimum atomic E-state index is 0.377. The molecule has 0 aliphatic heterocycles. The highest BCUT2D eigenvalue weighted by Crippen LogP contribution is 2.25. The van der Waals surface area contributed by atoms with Crippen molar-refractivity contribution in [2.45, 2.75) is 19.4 Å². The Hall–Kier alpha value is -0.640. The minimum Gasteiger partial charge on any atom is -0.313 e. The Morgan fingerprint density at radius 2 is 2.18 bits per heavy atom. The fourth-order valence-corrected chi connectivity index (χ4v) is 3.06. The SMILES string of the molecule is CNC(Cc1ccsc1)c1cc(Br)ccc1C. The Labute approximate surface area is 115 Å². The summed E-state index contributed by atoms with van der Waals surface area (Å²) in [6.07, 6.45) is 1.04. The first kappa shape index (κ1) is 12.8. The van der Waals surface area contributed by atoms with Crippen LogP contribution in [0, 0.1) is 6.92 Å². The summed E-state index contributed by atoms with van der Waals surface area (Å²) in [7, 11) is 2.03. The van der Waals surface area contributed by atoms with Gasteiger partial charge >= 0.3 is 0 Å². The molecule has 0 saturated carbocycles. The van der Waals surface area contributed by atoms with Gasteiger partial charge in [-0.15, -0.1) is 0 Å². The number of aryl methyl sites for hydroxylation is 1. The third-order valence-electron chi connectivity index (χ3n) is 2.99. The molecule has 2 rings (SSSR count). The third-order valence-corrected chi connectivity index (χ3v) is 4.21. The Bertz CT molecular complexity index is 479. The van der Waals surface area contributed by atoms with E-state index in [4.69, 9.17) is 0 Å². The maximum Gasteiger partial charge on any atom is 0.0361 e. The van der Waals surface area contributed by atoms with Gasteiger partial charge in [0.15, 0.2) is 0 Å². The largest absolute Gasteiger partial charge is 0.313 e. The van der Waals surface area contributed by atoms with Crippen LogP contribution in [0.3, 0.4) is 0 Å². The van der Waals surface area contributed by atoms with E-state index in [9.17, 15) is 0 Å². The number of hydrogen-bond donors (Lipinski definition) is 1. The summed E-state index contributed by atoms with van der Waals surface area (Å²) < 4.78 is 1.14. The fourth-order valence-electron chi connectivity index (χ4n) is 2.00. The van der Waals surface area contributed by atoms with Crippen molar-refractivity contribution in [3.8, 4) is 0 Å². The van der Waals surface area contributed by atoms with Gasteiger partial charge in [0.25, 0.3) is 0 Å². The normalized spacial score (nSPS) is 12.6. The molecule has 1 atom stereocenters. The molecule has 0 saturated heterocycles. The molecule has 1 aromatic carbocycles. The zero-order valence-electron chi connectivity index (χ0n) is 10.0. The van der Waals surface area contributed by atoms with E-state index < -0.39 is 0 Å². The highest BCUT2D eigenvalue weighted by atomic mass is 79.9. The summed E-state index contributed by atoms with van der Waals surface area (Å²) in [5.74, 6) is 0. The highest BCUT2D eigenvalue weighted by Gasteiger charge is 2.13. The number of benzene rings is 1. The van der Waals surface area contributed by atoms with Gasteiger partial charge in [-0.25, -0.2) is 0 Å². The standard InChI is InChI=1S/C14H16BrNS/c1-10-3-4-12(15)8-13(10)14(16-2)7-11-5-6-17-9-11/h3-6,8-9,14,16H,7H2,1-2H3. The van der Waals surface area contributed by atoms with Crippen LogP contribution < -0.4 is 5.32 Å². The van der Waals surface area contributed by atoms with Crippen molar-refractivity contribution in [3.63, 3.8) is 0 Å². The van der Waals surface area contributed by atoms with Crippen molar-refractivity contribution in [1.82, 2.24) is 5.32 Å². The molecule has 0 fully saturated rings. The summed E-state index contributed by atoms with van der Waals surface area (Å²) in [5, 5.41) is 7.76. The second kappa shape index (κ2) is 5.80. The molecule has 0 radical (unpaired) electrons. The van der Waals surface area contributed by atoms with Gasteiger partial charge in [-0.1, -0.05) is 22.0 Å². The van der Waals surface area contributed by atoms with Crippen molar-refractivity contribution in [1.29, 1.82) is 0 Å². The first-order valence-corrected chi connectivity index (χ1v) is 7.38. The van der Waals surface area contributed by atoms with Gasteiger partial charge in [-0.3, -0.25) is 0 Å². The maximum atomic E-state index is 3.55. The van der Waals surface area contributed by atoms with E-state index >= 15 is 0 Å². The summed E-state index contributed by atoms with van der Waals surface area (Å²) in [4.78, 5) is 0. The molecule has 1 unspecified atom stereocenters. The smallest absolute Gasteiger partial charge is 0.0361 e. The number of rotatable bonds is 4. The molecule has 3 heteroatoms. The Morgan fingerprint density at radius 1 is 1.35 bits per heavy atom. The van der Waals surface area contributed by atoms with Crippen molar-refractivity contribution < 1.29 is 0 Å². The lowest BCUT2D eigenvalue weighted by molar-refractivity contribution is 0.589. The van der Waals surface area contributed by atoms with E-state index in [1.54, 1.807) is 11.3 Å². The zero-order chi connectivity index (χ0) is 12.3. The average molecular weight is 310 g/mol. The summed E-state index contributed by atoms with van der Waals surface area (Å²) in [6, 6.07) is 9.04. The van der Waals surface area contributed by atoms with Crippen molar-refractivity contribution in [3.05, 3.63) is 56.2 Å². The summed E-state index contributed by atoms with van der Waals surface area (Å²) >= 11 is 5.30. The number of thiophene rings is 1. The van der Waals surface area contributed by atoms with Crippen LogP contribution in [-0.2, 0) is 6.42 Å². The van der Waals surface area contributed by atoms with Crippen LogP contribution in [-0.4, -0.2) is 7.05 Å². The van der Waals surface area contributed by atoms with Crippen molar-refractivity contribution in [2.75, 3.05) is 7.05 Å². The molecule has 1 aromatic heterocycles. The molecular weight excluding hydrogens is 294 g/mol. The summed E-state index contributed by atoms with van der Waals surface area (Å²) in [5.41, 5.74) is 4.10. The molecule has 1 N–H and O–H groups in total. The zero-order valence-corrected chi connectivity index (χ0v) is 12.4. The molecule has 0 spiro atoms. The molecule has 1 nitrogen and oxygen atoms in total. The second-order valence-electron chi connectivity index (χ2n) is 4.18. The van der Waals surface area contributed by atoms with Gasteiger partial charge in [-0.2, -0.15) is 11.3 Å². The first-order chi connectivity index (χ1) is 8.20. The molecule has 0 aliphatic rings. The van der Waals surface area contributed by atoms with Gasteiger partial charge in [0.1, 0.15) is 0 Å². The fraction of sp³-hybridized carbons (Fsp3) is 0.286. The van der Waals surface area contributed by atoms with Gasteiger partial charge in [-0.05, 0) is 66.0 Å². The van der Waals surface area contributed by atoms with E-state index in [0.29, 0.717) is 6.04 Å². The quantitative estimate of drug-likeness (QED) is 0.886. The van der Waals surface area contributed by atoms with Gasteiger partial charge in [0.05, 0.1) is 0 Å². The second-order valence-corrected chi connectivity index (χ2v) is 5.87. The molecule has 0 amide bonds. The highest BCUT2D eigenvalue weighted by molar-refractivity contribution is 9.10. The lowest BCUT2D eigenvalue weighted by Crippen LogP contribution is -2.19. The number of nitrogens with one attached hydrogen (secondary N) is 1. The molecule has 0 bridgehead atoms. The Morgan fingerprint density at radius 3 is 2.82 bits per heavy atom. The Balaban J connectivity index is 2.25. The van der Waals surface area contributed by atoms with Gasteiger partial charge < -0.3 is 5.32 Å². The van der Waals surface area contributed by atoms with Crippen LogP contribution in [0.1, 0.15) is 22.7 Å². The van der Waals surface area contributed by atoms with E-state index in [1.165, 1.54) is 16.7 Å². The van der Waals surface area contributed by atoms with Crippen LogP contribution in [0.5, 0.6) is 0 Å². The molecule has 1 heterocycles. The van der Waals surface area contributed by atoms with Gasteiger partial charge in [0.2, 0.25) is 0 Å². The topological polar surface area (TPSA) is 12.0 Å². The monoisotopic (exact) mass is 309 g/mol. The van der Waals surface area contributed by atoms with Crippen molar-refractivity contribution >= 4 is 27.3 Å². The molecular formula is C14H16BrNS. The first-order valence-electron chi connectivity index (χ1n) is 5.65. The molecule has 2 aromatic rings. The third kappa shape index (κ3) is 3.18. The van der Waals surface area contributed by atoms with Gasteiger partial charge in [0, 0.05) is 10.5 Å². The van der Waals surface area contributed by atoms with E-state index in [1.807, 2.05) is 7.05 Å². The minimum absolute atomic E-state index is 0.377. The lowest BCUT2D eigenvalue weighted by Gasteiger charge is -2.18. The van der Waals surface area contributed by atoms with E-state index in [0.717, 1.165) is 10.9 Å². The number of likely N-dealkylation sites (N-methyl/N-ethyl adjacent to an activating group) is 1. The maximum absolute atomic E-state index is 3.55. The van der Waals surface area contributed by atoms with Crippen LogP contribution in [0.2, 0.25) is 0 Å². The number of hydrogen-bond acceptors (Lipinski definition) is 2. The molecule has 17 heavy (non-hydrogen) atoms. The lowest BCUT2D eigenvalue weighted by atomic mass is 9.97. The average Bonchev–Trinajstić information content (AvgIpc) is 2.82. The predicted molar refractivity (Wildman–Crippen MR) is 78.7 cm³/mol. The predicted octanol–water partition coefficient (Wildman–Crippen LogP) is 4.32. The van der Waals surface area contributed by atoms with Crippen LogP contribution in [0.15, 0.2) is 39.5 Å². The number of halogens is 1. The van der Waals surface area contributed by atoms with Crippen molar-refractivity contribution in [2.24, 2.45) is 0 Å². The van der Waals surface area contributed by atoms with Crippen LogP contribution >= 0.6 is 27.3 Å².